The van der Waals surface area contributed by atoms with E-state index in [1.165, 1.54) is 26.5 Å². The predicted octanol–water partition coefficient (Wildman–Crippen LogP) is 4.44. The Hall–Kier alpha value is -1.05. The van der Waals surface area contributed by atoms with Gasteiger partial charge in [0.05, 0.1) is 19.8 Å². The molecule has 0 radical (unpaired) electrons. The number of hydrogen-bond acceptors (Lipinski definition) is 5. The number of hydrogen-bond donors (Lipinski definition) is 1. The van der Waals surface area contributed by atoms with Gasteiger partial charge >= 0.3 is 0 Å². The molecule has 31 heavy (non-hydrogen) atoms. The summed E-state index contributed by atoms with van der Waals surface area (Å²) in [6, 6.07) is 17.5. The van der Waals surface area contributed by atoms with Crippen LogP contribution in [0.3, 0.4) is 0 Å². The predicted molar refractivity (Wildman–Crippen MR) is 134 cm³/mol. The minimum absolute atomic E-state index is 0. The number of aliphatic hydroxyl groups excluding tert-OH is 1. The average Bonchev–Trinajstić information content (AvgIpc) is 2.77. The maximum atomic E-state index is 8.77. The highest BCUT2D eigenvalue weighted by Crippen LogP contribution is 2.45. The van der Waals surface area contributed by atoms with Gasteiger partial charge in [0.15, 0.2) is 0 Å². The van der Waals surface area contributed by atoms with Gasteiger partial charge in [-0.15, -0.1) is 24.8 Å². The topological polar surface area (TPSA) is 35.9 Å². The van der Waals surface area contributed by atoms with E-state index in [1.807, 2.05) is 11.8 Å². The molecule has 2 aromatic rings. The molecule has 0 saturated carbocycles. The molecule has 0 amide bonds. The van der Waals surface area contributed by atoms with Crippen LogP contribution in [0, 0.1) is 0 Å². The molecule has 170 valence electrons. The Kier molecular flexibility index (Phi) is 11.4. The third-order valence-corrected chi connectivity index (χ3v) is 6.77. The molecule has 2 heterocycles. The zero-order valence-corrected chi connectivity index (χ0v) is 20.2. The Morgan fingerprint density at radius 2 is 1.35 bits per heavy atom. The fraction of sp³-hybridized carbons (Fsp3) is 0.417. The lowest BCUT2D eigenvalue weighted by Gasteiger charge is -2.34. The van der Waals surface area contributed by atoms with E-state index >= 15 is 0 Å². The van der Waals surface area contributed by atoms with E-state index in [0.717, 1.165) is 45.7 Å². The summed E-state index contributed by atoms with van der Waals surface area (Å²) in [6.45, 7) is 7.76. The number of aliphatic hydroxyl groups is 1. The summed E-state index contributed by atoms with van der Waals surface area (Å²) in [5, 5.41) is 8.77. The molecule has 0 aromatic heterocycles. The Morgan fingerprint density at radius 3 is 1.94 bits per heavy atom. The first-order valence-electron chi connectivity index (χ1n) is 10.6. The summed E-state index contributed by atoms with van der Waals surface area (Å²) in [5.41, 5.74) is 4.11. The van der Waals surface area contributed by atoms with E-state index in [4.69, 9.17) is 9.84 Å². The summed E-state index contributed by atoms with van der Waals surface area (Å²) in [4.78, 5) is 7.73. The SMILES string of the molecule is Cl.Cl.OCCOCCN1CCN(CCC=C2c3ccccc3Sc3ccccc32)CC1. The van der Waals surface area contributed by atoms with Crippen molar-refractivity contribution in [2.24, 2.45) is 0 Å². The van der Waals surface area contributed by atoms with Crippen LogP contribution in [0.4, 0.5) is 0 Å². The molecule has 1 saturated heterocycles. The standard InChI is InChI=1S/C24H30N2O2S.2ClH/c27-17-19-28-18-16-26-14-12-25(13-15-26)11-5-8-20-21-6-1-3-9-23(21)29-24-10-4-2-7-22(20)24;;/h1-4,6-10,27H,5,11-19H2;2*1H. The van der Waals surface area contributed by atoms with Crippen LogP contribution in [0.1, 0.15) is 17.5 Å². The van der Waals surface area contributed by atoms with Crippen molar-refractivity contribution in [3.63, 3.8) is 0 Å². The first-order valence-corrected chi connectivity index (χ1v) is 11.4. The van der Waals surface area contributed by atoms with Crippen LogP contribution in [-0.4, -0.2) is 74.0 Å². The van der Waals surface area contributed by atoms with Crippen molar-refractivity contribution in [1.82, 2.24) is 9.80 Å². The molecule has 0 unspecified atom stereocenters. The van der Waals surface area contributed by atoms with Gasteiger partial charge in [-0.3, -0.25) is 4.90 Å². The van der Waals surface area contributed by atoms with Gasteiger partial charge in [0, 0.05) is 49.1 Å². The minimum Gasteiger partial charge on any atom is -0.394 e. The molecule has 0 aliphatic carbocycles. The Bertz CT molecular complexity index is 794. The van der Waals surface area contributed by atoms with Gasteiger partial charge < -0.3 is 14.7 Å². The fourth-order valence-corrected chi connectivity index (χ4v) is 5.13. The second-order valence-electron chi connectivity index (χ2n) is 7.52. The highest BCUT2D eigenvalue weighted by atomic mass is 35.5. The lowest BCUT2D eigenvalue weighted by atomic mass is 9.96. The molecule has 4 nitrogen and oxygen atoms in total. The van der Waals surface area contributed by atoms with Crippen LogP contribution in [0.5, 0.6) is 0 Å². The van der Waals surface area contributed by atoms with Crippen LogP contribution >= 0.6 is 36.6 Å². The number of ether oxygens (including phenoxy) is 1. The summed E-state index contributed by atoms with van der Waals surface area (Å²) < 4.78 is 5.39. The Labute approximate surface area is 202 Å². The van der Waals surface area contributed by atoms with Crippen molar-refractivity contribution in [3.8, 4) is 0 Å². The van der Waals surface area contributed by atoms with Crippen molar-refractivity contribution < 1.29 is 9.84 Å². The summed E-state index contributed by atoms with van der Waals surface area (Å²) in [6.07, 6.45) is 3.51. The maximum absolute atomic E-state index is 8.77. The fourth-order valence-electron chi connectivity index (χ4n) is 4.03. The second-order valence-corrected chi connectivity index (χ2v) is 8.60. The zero-order chi connectivity index (χ0) is 19.9. The number of benzene rings is 2. The Balaban J connectivity index is 0.00000171. The monoisotopic (exact) mass is 482 g/mol. The van der Waals surface area contributed by atoms with E-state index in [1.54, 1.807) is 0 Å². The molecular weight excluding hydrogens is 451 g/mol. The molecule has 4 rings (SSSR count). The van der Waals surface area contributed by atoms with Crippen molar-refractivity contribution in [2.45, 2.75) is 16.2 Å². The van der Waals surface area contributed by atoms with Crippen molar-refractivity contribution in [2.75, 3.05) is 59.1 Å². The van der Waals surface area contributed by atoms with Gasteiger partial charge in [-0.05, 0) is 35.3 Å². The molecule has 1 N–H and O–H groups in total. The maximum Gasteiger partial charge on any atom is 0.0698 e. The molecular formula is C24H32Cl2N2O2S. The number of nitrogens with zero attached hydrogens (tertiary/aromatic N) is 2. The number of piperazine rings is 1. The second kappa shape index (κ2) is 13.5. The van der Waals surface area contributed by atoms with E-state index in [9.17, 15) is 0 Å². The van der Waals surface area contributed by atoms with Crippen molar-refractivity contribution in [1.29, 1.82) is 0 Å². The van der Waals surface area contributed by atoms with Gasteiger partial charge in [-0.1, -0.05) is 54.2 Å². The van der Waals surface area contributed by atoms with Crippen LogP contribution in [0.15, 0.2) is 64.4 Å². The van der Waals surface area contributed by atoms with Crippen molar-refractivity contribution in [3.05, 3.63) is 65.7 Å². The third-order valence-electron chi connectivity index (χ3n) is 5.62. The van der Waals surface area contributed by atoms with E-state index in [0.29, 0.717) is 13.2 Å². The minimum atomic E-state index is 0. The van der Waals surface area contributed by atoms with Crippen LogP contribution in [0.2, 0.25) is 0 Å². The molecule has 1 fully saturated rings. The first kappa shape index (κ1) is 26.2. The summed E-state index contributed by atoms with van der Waals surface area (Å²) >= 11 is 1.88. The largest absolute Gasteiger partial charge is 0.394 e. The average molecular weight is 484 g/mol. The smallest absolute Gasteiger partial charge is 0.0698 e. The third kappa shape index (κ3) is 6.96. The highest BCUT2D eigenvalue weighted by molar-refractivity contribution is 7.99. The number of rotatable bonds is 8. The zero-order valence-electron chi connectivity index (χ0n) is 17.7. The van der Waals surface area contributed by atoms with Gasteiger partial charge in [0.2, 0.25) is 0 Å². The quantitative estimate of drug-likeness (QED) is 0.480. The highest BCUT2D eigenvalue weighted by Gasteiger charge is 2.20. The lowest BCUT2D eigenvalue weighted by molar-refractivity contribution is 0.0579. The summed E-state index contributed by atoms with van der Waals surface area (Å²) in [7, 11) is 0. The van der Waals surface area contributed by atoms with Gasteiger partial charge in [0.25, 0.3) is 0 Å². The lowest BCUT2D eigenvalue weighted by Crippen LogP contribution is -2.47. The molecule has 0 atom stereocenters. The molecule has 2 aliphatic heterocycles. The number of fused-ring (bicyclic) bond motifs is 2. The molecule has 7 heteroatoms. The van der Waals surface area contributed by atoms with Crippen LogP contribution in [0.25, 0.3) is 5.57 Å². The molecule has 0 bridgehead atoms. The van der Waals surface area contributed by atoms with E-state index in [-0.39, 0.29) is 31.4 Å². The van der Waals surface area contributed by atoms with Crippen molar-refractivity contribution >= 4 is 42.1 Å². The molecule has 2 aliphatic rings. The molecule has 0 spiro atoms. The van der Waals surface area contributed by atoms with Gasteiger partial charge in [0.1, 0.15) is 0 Å². The number of halogens is 2. The van der Waals surface area contributed by atoms with E-state index in [2.05, 4.69) is 64.4 Å². The van der Waals surface area contributed by atoms with Crippen LogP contribution in [-0.2, 0) is 4.74 Å². The normalized spacial score (nSPS) is 16.0. The first-order chi connectivity index (χ1) is 14.3. The van der Waals surface area contributed by atoms with E-state index < -0.39 is 0 Å². The Morgan fingerprint density at radius 1 is 0.806 bits per heavy atom. The summed E-state index contributed by atoms with van der Waals surface area (Å²) in [5.74, 6) is 0. The van der Waals surface area contributed by atoms with Crippen LogP contribution < -0.4 is 0 Å². The molecule has 2 aromatic carbocycles. The van der Waals surface area contributed by atoms with Gasteiger partial charge in [-0.2, -0.15) is 0 Å². The van der Waals surface area contributed by atoms with Gasteiger partial charge in [-0.25, -0.2) is 0 Å².